The first kappa shape index (κ1) is 11.3. The molecule has 0 saturated carbocycles. The first-order valence-corrected chi connectivity index (χ1v) is 5.25. The Morgan fingerprint density at radius 2 is 2.12 bits per heavy atom. The average Bonchev–Trinajstić information content (AvgIpc) is 2.82. The molecule has 1 aromatic carbocycles. The molecule has 0 spiro atoms. The van der Waals surface area contributed by atoms with Crippen molar-refractivity contribution < 1.29 is 0 Å². The van der Waals surface area contributed by atoms with E-state index in [1.165, 1.54) is 11.3 Å². The zero-order valence-electron chi connectivity index (χ0n) is 9.81. The predicted molar refractivity (Wildman–Crippen MR) is 65.4 cm³/mol. The maximum absolute atomic E-state index is 3.77. The van der Waals surface area contributed by atoms with E-state index in [4.69, 9.17) is 0 Å². The summed E-state index contributed by atoms with van der Waals surface area (Å²) in [7, 11) is 4.04. The summed E-state index contributed by atoms with van der Waals surface area (Å²) >= 11 is 0. The fourth-order valence-corrected chi connectivity index (χ4v) is 1.53. The summed E-state index contributed by atoms with van der Waals surface area (Å²) < 4.78 is 0. The lowest BCUT2D eigenvalue weighted by atomic mass is 10.1. The molecule has 3 N–H and O–H groups in total. The Morgan fingerprint density at radius 1 is 1.29 bits per heavy atom. The molecule has 0 aliphatic rings. The van der Waals surface area contributed by atoms with Crippen LogP contribution in [0.5, 0.6) is 0 Å². The number of benzene rings is 1. The lowest BCUT2D eigenvalue weighted by molar-refractivity contribution is 0.784. The van der Waals surface area contributed by atoms with Gasteiger partial charge in [-0.2, -0.15) is 5.21 Å². The van der Waals surface area contributed by atoms with Crippen molar-refractivity contribution in [3.8, 4) is 0 Å². The van der Waals surface area contributed by atoms with Crippen LogP contribution in [0.3, 0.4) is 0 Å². The second kappa shape index (κ2) is 5.26. The monoisotopic (exact) mass is 233 g/mol. The molecule has 1 aromatic heterocycles. The highest BCUT2D eigenvalue weighted by Gasteiger charge is 2.03. The second-order valence-electron chi connectivity index (χ2n) is 3.74. The number of aromatic nitrogens is 4. The van der Waals surface area contributed by atoms with Gasteiger partial charge in [-0.1, -0.05) is 23.3 Å². The third-order valence-corrected chi connectivity index (χ3v) is 2.30. The molecule has 0 aliphatic carbocycles. The number of nitrogens with one attached hydrogen (secondary N) is 3. The molecule has 0 radical (unpaired) electrons. The van der Waals surface area contributed by atoms with Gasteiger partial charge in [-0.3, -0.25) is 5.43 Å². The van der Waals surface area contributed by atoms with Crippen LogP contribution in [-0.4, -0.2) is 34.7 Å². The number of hydrogen-bond acceptors (Lipinski definition) is 6. The van der Waals surface area contributed by atoms with Gasteiger partial charge in [-0.05, 0) is 16.8 Å². The average molecular weight is 233 g/mol. The van der Waals surface area contributed by atoms with Gasteiger partial charge in [0, 0.05) is 26.3 Å². The zero-order chi connectivity index (χ0) is 12.1. The number of para-hydroxylation sites is 1. The van der Waals surface area contributed by atoms with Gasteiger partial charge in [0.25, 0.3) is 5.95 Å². The maximum atomic E-state index is 3.77. The number of anilines is 2. The minimum Gasteiger partial charge on any atom is -0.377 e. The third kappa shape index (κ3) is 2.91. The Morgan fingerprint density at radius 3 is 2.82 bits per heavy atom. The standard InChI is InChI=1S/C10H15N7/c1-17(2)9-6-4-3-5-8(9)7-11-12-10-13-15-16-14-10/h3-6,11H,7H2,1-2H3,(H2,12,13,14,15,16). The fraction of sp³-hybridized carbons (Fsp3) is 0.300. The van der Waals surface area contributed by atoms with Crippen molar-refractivity contribution in [2.24, 2.45) is 0 Å². The summed E-state index contributed by atoms with van der Waals surface area (Å²) in [6.07, 6.45) is 0. The minimum atomic E-state index is 0.423. The van der Waals surface area contributed by atoms with Crippen LogP contribution in [0, 0.1) is 0 Å². The van der Waals surface area contributed by atoms with E-state index in [0.29, 0.717) is 12.5 Å². The molecule has 0 saturated heterocycles. The van der Waals surface area contributed by atoms with Gasteiger partial charge in [0.05, 0.1) is 0 Å². The van der Waals surface area contributed by atoms with Crippen LogP contribution in [0.1, 0.15) is 5.56 Å². The number of hydrazine groups is 1. The van der Waals surface area contributed by atoms with Crippen molar-refractivity contribution in [1.82, 2.24) is 26.0 Å². The quantitative estimate of drug-likeness (QED) is 0.648. The topological polar surface area (TPSA) is 81.8 Å². The summed E-state index contributed by atoms with van der Waals surface area (Å²) in [5, 5.41) is 13.4. The van der Waals surface area contributed by atoms with Crippen LogP contribution in [-0.2, 0) is 6.54 Å². The Kier molecular flexibility index (Phi) is 3.51. The van der Waals surface area contributed by atoms with Crippen molar-refractivity contribution >= 4 is 11.6 Å². The van der Waals surface area contributed by atoms with Crippen molar-refractivity contribution in [3.63, 3.8) is 0 Å². The van der Waals surface area contributed by atoms with Crippen LogP contribution in [0.2, 0.25) is 0 Å². The molecular formula is C10H15N7. The Labute approximate surface area is 99.2 Å². The molecule has 2 aromatic rings. The zero-order valence-corrected chi connectivity index (χ0v) is 9.81. The molecule has 0 fully saturated rings. The maximum Gasteiger partial charge on any atom is 0.277 e. The summed E-state index contributed by atoms with van der Waals surface area (Å²) in [5.74, 6) is 0.423. The van der Waals surface area contributed by atoms with Crippen LogP contribution >= 0.6 is 0 Å². The normalized spacial score (nSPS) is 10.2. The Hall–Kier alpha value is -2.15. The molecular weight excluding hydrogens is 218 g/mol. The first-order valence-electron chi connectivity index (χ1n) is 5.25. The molecule has 0 amide bonds. The number of tetrazole rings is 1. The van der Waals surface area contributed by atoms with Gasteiger partial charge in [0.15, 0.2) is 0 Å². The van der Waals surface area contributed by atoms with Crippen molar-refractivity contribution in [2.75, 3.05) is 24.4 Å². The van der Waals surface area contributed by atoms with Crippen LogP contribution in [0.4, 0.5) is 11.6 Å². The number of hydrogen-bond donors (Lipinski definition) is 3. The van der Waals surface area contributed by atoms with Gasteiger partial charge in [0.1, 0.15) is 0 Å². The van der Waals surface area contributed by atoms with Crippen molar-refractivity contribution in [2.45, 2.75) is 6.54 Å². The van der Waals surface area contributed by atoms with E-state index in [0.717, 1.165) is 0 Å². The Balaban J connectivity index is 1.94. The molecule has 0 unspecified atom stereocenters. The van der Waals surface area contributed by atoms with Gasteiger partial charge in [-0.25, -0.2) is 5.43 Å². The van der Waals surface area contributed by atoms with E-state index >= 15 is 0 Å². The van der Waals surface area contributed by atoms with Crippen LogP contribution < -0.4 is 15.8 Å². The van der Waals surface area contributed by atoms with E-state index < -0.39 is 0 Å². The van der Waals surface area contributed by atoms with Crippen molar-refractivity contribution in [3.05, 3.63) is 29.8 Å². The lowest BCUT2D eigenvalue weighted by Gasteiger charge is -2.17. The SMILES string of the molecule is CN(C)c1ccccc1CNNc1nn[nH]n1. The van der Waals surface area contributed by atoms with Crippen molar-refractivity contribution in [1.29, 1.82) is 0 Å². The molecule has 2 rings (SSSR count). The number of aromatic amines is 1. The summed E-state index contributed by atoms with van der Waals surface area (Å²) in [6.45, 7) is 0.670. The predicted octanol–water partition coefficient (Wildman–Crippen LogP) is 0.382. The molecule has 0 bridgehead atoms. The summed E-state index contributed by atoms with van der Waals surface area (Å²) in [5.41, 5.74) is 8.26. The Bertz CT molecular complexity index is 451. The van der Waals surface area contributed by atoms with Gasteiger partial charge in [-0.15, -0.1) is 5.10 Å². The van der Waals surface area contributed by atoms with E-state index in [9.17, 15) is 0 Å². The second-order valence-corrected chi connectivity index (χ2v) is 3.74. The highest BCUT2D eigenvalue weighted by molar-refractivity contribution is 5.52. The molecule has 7 nitrogen and oxygen atoms in total. The summed E-state index contributed by atoms with van der Waals surface area (Å²) in [4.78, 5) is 2.07. The molecule has 17 heavy (non-hydrogen) atoms. The fourth-order valence-electron chi connectivity index (χ4n) is 1.53. The van der Waals surface area contributed by atoms with Crippen LogP contribution in [0.15, 0.2) is 24.3 Å². The minimum absolute atomic E-state index is 0.423. The molecule has 1 heterocycles. The smallest absolute Gasteiger partial charge is 0.277 e. The van der Waals surface area contributed by atoms with E-state index in [1.54, 1.807) is 0 Å². The first-order chi connectivity index (χ1) is 8.27. The van der Waals surface area contributed by atoms with E-state index in [1.807, 2.05) is 26.2 Å². The van der Waals surface area contributed by atoms with Gasteiger partial charge >= 0.3 is 0 Å². The molecule has 0 atom stereocenters. The number of rotatable bonds is 5. The lowest BCUT2D eigenvalue weighted by Crippen LogP contribution is -2.23. The molecule has 7 heteroatoms. The number of H-pyrrole nitrogens is 1. The third-order valence-electron chi connectivity index (χ3n) is 2.30. The van der Waals surface area contributed by atoms with E-state index in [2.05, 4.69) is 48.5 Å². The largest absolute Gasteiger partial charge is 0.377 e. The van der Waals surface area contributed by atoms with E-state index in [-0.39, 0.29) is 0 Å². The van der Waals surface area contributed by atoms with Gasteiger partial charge in [0.2, 0.25) is 0 Å². The molecule has 0 aliphatic heterocycles. The summed E-state index contributed by atoms with van der Waals surface area (Å²) in [6, 6.07) is 8.18. The highest BCUT2D eigenvalue weighted by atomic mass is 15.6. The number of nitrogens with zero attached hydrogens (tertiary/aromatic N) is 4. The van der Waals surface area contributed by atoms with Gasteiger partial charge < -0.3 is 4.90 Å². The molecule has 90 valence electrons. The van der Waals surface area contributed by atoms with Crippen LogP contribution in [0.25, 0.3) is 0 Å². The highest BCUT2D eigenvalue weighted by Crippen LogP contribution is 2.17.